The lowest BCUT2D eigenvalue weighted by molar-refractivity contribution is 0.268. The van der Waals surface area contributed by atoms with Crippen LogP contribution in [0.4, 0.5) is 0 Å². The van der Waals surface area contributed by atoms with Gasteiger partial charge in [0.25, 0.3) is 0 Å². The highest BCUT2D eigenvalue weighted by atomic mass is 15.1. The summed E-state index contributed by atoms with van der Waals surface area (Å²) in [5, 5.41) is 3.40. The van der Waals surface area contributed by atoms with Crippen LogP contribution in [0, 0.1) is 5.92 Å². The van der Waals surface area contributed by atoms with Gasteiger partial charge in [0.05, 0.1) is 0 Å². The Kier molecular flexibility index (Phi) is 7.87. The number of hydrogen-bond donors (Lipinski definition) is 1. The highest BCUT2D eigenvalue weighted by molar-refractivity contribution is 4.70. The molecule has 17 heavy (non-hydrogen) atoms. The lowest BCUT2D eigenvalue weighted by atomic mass is 9.98. The van der Waals surface area contributed by atoms with Crippen LogP contribution in [-0.4, -0.2) is 37.6 Å². The summed E-state index contributed by atoms with van der Waals surface area (Å²) in [5.74, 6) is 1.00. The molecule has 0 aromatic heterocycles. The molecule has 1 fully saturated rings. The van der Waals surface area contributed by atoms with Crippen molar-refractivity contribution in [1.29, 1.82) is 0 Å². The summed E-state index contributed by atoms with van der Waals surface area (Å²) in [7, 11) is 2.09. The zero-order valence-electron chi connectivity index (χ0n) is 12.2. The summed E-state index contributed by atoms with van der Waals surface area (Å²) in [6.07, 6.45) is 9.64. The van der Waals surface area contributed by atoms with Gasteiger partial charge in [0.1, 0.15) is 0 Å². The first-order valence-electron chi connectivity index (χ1n) is 7.69. The van der Waals surface area contributed by atoms with Gasteiger partial charge >= 0.3 is 0 Å². The molecule has 1 N–H and O–H groups in total. The van der Waals surface area contributed by atoms with Crippen LogP contribution in [0.3, 0.4) is 0 Å². The minimum Gasteiger partial charge on any atom is -0.317 e. The number of hydrogen-bond acceptors (Lipinski definition) is 2. The zero-order valence-corrected chi connectivity index (χ0v) is 12.2. The Balaban J connectivity index is 2.14. The van der Waals surface area contributed by atoms with Gasteiger partial charge in [0.2, 0.25) is 0 Å². The summed E-state index contributed by atoms with van der Waals surface area (Å²) in [5.41, 5.74) is 0. The summed E-state index contributed by atoms with van der Waals surface area (Å²) in [6, 6.07) is 0.727. The van der Waals surface area contributed by atoms with Crippen molar-refractivity contribution in [2.75, 3.05) is 26.7 Å². The second-order valence-electron chi connectivity index (χ2n) is 5.58. The van der Waals surface area contributed by atoms with Crippen LogP contribution in [0.15, 0.2) is 0 Å². The Morgan fingerprint density at radius 1 is 1.24 bits per heavy atom. The van der Waals surface area contributed by atoms with E-state index in [4.69, 9.17) is 0 Å². The molecular weight excluding hydrogens is 208 g/mol. The van der Waals surface area contributed by atoms with E-state index in [-0.39, 0.29) is 0 Å². The SMILES string of the molecule is CCC1CCCN(CCCC(CC)NC)CC1. The highest BCUT2D eigenvalue weighted by Gasteiger charge is 2.15. The monoisotopic (exact) mass is 240 g/mol. The van der Waals surface area contributed by atoms with E-state index in [9.17, 15) is 0 Å². The maximum atomic E-state index is 3.40. The van der Waals surface area contributed by atoms with Crippen molar-refractivity contribution in [2.24, 2.45) is 5.92 Å². The van der Waals surface area contributed by atoms with Gasteiger partial charge in [0, 0.05) is 6.04 Å². The second-order valence-corrected chi connectivity index (χ2v) is 5.58. The van der Waals surface area contributed by atoms with Crippen LogP contribution in [-0.2, 0) is 0 Å². The van der Waals surface area contributed by atoms with Gasteiger partial charge in [-0.15, -0.1) is 0 Å². The summed E-state index contributed by atoms with van der Waals surface area (Å²) >= 11 is 0. The molecular formula is C15H32N2. The average molecular weight is 240 g/mol. The third kappa shape index (κ3) is 5.87. The fourth-order valence-electron chi connectivity index (χ4n) is 2.97. The first kappa shape index (κ1) is 15.0. The van der Waals surface area contributed by atoms with Gasteiger partial charge in [-0.3, -0.25) is 0 Å². The topological polar surface area (TPSA) is 15.3 Å². The number of nitrogens with zero attached hydrogens (tertiary/aromatic N) is 1. The van der Waals surface area contributed by atoms with E-state index >= 15 is 0 Å². The van der Waals surface area contributed by atoms with Crippen LogP contribution >= 0.6 is 0 Å². The average Bonchev–Trinajstić information content (AvgIpc) is 2.60. The van der Waals surface area contributed by atoms with E-state index in [2.05, 4.69) is 31.1 Å². The summed E-state index contributed by atoms with van der Waals surface area (Å²) in [6.45, 7) is 8.62. The molecule has 1 rings (SSSR count). The van der Waals surface area contributed by atoms with Crippen molar-refractivity contribution >= 4 is 0 Å². The first-order chi connectivity index (χ1) is 8.30. The molecule has 0 bridgehead atoms. The Bertz CT molecular complexity index is 178. The molecule has 102 valence electrons. The maximum absolute atomic E-state index is 3.40. The highest BCUT2D eigenvalue weighted by Crippen LogP contribution is 2.20. The number of rotatable bonds is 7. The fourth-order valence-corrected chi connectivity index (χ4v) is 2.97. The van der Waals surface area contributed by atoms with E-state index in [1.165, 1.54) is 64.6 Å². The molecule has 0 spiro atoms. The molecule has 0 aliphatic carbocycles. The number of likely N-dealkylation sites (tertiary alicyclic amines) is 1. The molecule has 0 aromatic rings. The van der Waals surface area contributed by atoms with E-state index in [0.29, 0.717) is 0 Å². The Morgan fingerprint density at radius 3 is 2.71 bits per heavy atom. The normalized spacial score (nSPS) is 24.5. The van der Waals surface area contributed by atoms with Crippen molar-refractivity contribution < 1.29 is 0 Å². The third-order valence-corrected chi connectivity index (χ3v) is 4.45. The zero-order chi connectivity index (χ0) is 12.5. The predicted molar refractivity (Wildman–Crippen MR) is 76.4 cm³/mol. The molecule has 1 saturated heterocycles. The van der Waals surface area contributed by atoms with Crippen LogP contribution in [0.2, 0.25) is 0 Å². The van der Waals surface area contributed by atoms with Gasteiger partial charge in [-0.25, -0.2) is 0 Å². The maximum Gasteiger partial charge on any atom is 0.00619 e. The molecule has 0 saturated carbocycles. The molecule has 2 nitrogen and oxygen atoms in total. The van der Waals surface area contributed by atoms with Gasteiger partial charge in [-0.05, 0) is 71.1 Å². The van der Waals surface area contributed by atoms with Crippen LogP contribution in [0.5, 0.6) is 0 Å². The molecule has 0 radical (unpaired) electrons. The third-order valence-electron chi connectivity index (χ3n) is 4.45. The van der Waals surface area contributed by atoms with Gasteiger partial charge in [-0.2, -0.15) is 0 Å². The van der Waals surface area contributed by atoms with Crippen LogP contribution in [0.25, 0.3) is 0 Å². The quantitative estimate of drug-likeness (QED) is 0.735. The Morgan fingerprint density at radius 2 is 2.06 bits per heavy atom. The standard InChI is InChI=1S/C15H32N2/c1-4-14-8-6-11-17(13-10-14)12-7-9-15(5-2)16-3/h14-16H,4-13H2,1-3H3. The molecule has 0 aromatic carbocycles. The predicted octanol–water partition coefficient (Wildman–Crippen LogP) is 3.28. The van der Waals surface area contributed by atoms with Crippen LogP contribution < -0.4 is 5.32 Å². The van der Waals surface area contributed by atoms with Crippen molar-refractivity contribution in [3.8, 4) is 0 Å². The van der Waals surface area contributed by atoms with Crippen molar-refractivity contribution in [3.05, 3.63) is 0 Å². The van der Waals surface area contributed by atoms with Crippen molar-refractivity contribution in [1.82, 2.24) is 10.2 Å². The molecule has 1 aliphatic heterocycles. The first-order valence-corrected chi connectivity index (χ1v) is 7.69. The summed E-state index contributed by atoms with van der Waals surface area (Å²) < 4.78 is 0. The largest absolute Gasteiger partial charge is 0.317 e. The lowest BCUT2D eigenvalue weighted by Gasteiger charge is -2.21. The minimum absolute atomic E-state index is 0.727. The minimum atomic E-state index is 0.727. The van der Waals surface area contributed by atoms with E-state index in [1.54, 1.807) is 0 Å². The van der Waals surface area contributed by atoms with E-state index in [1.807, 2.05) is 0 Å². The second kappa shape index (κ2) is 8.93. The Hall–Kier alpha value is -0.0800. The van der Waals surface area contributed by atoms with Gasteiger partial charge < -0.3 is 10.2 Å². The van der Waals surface area contributed by atoms with Crippen LogP contribution in [0.1, 0.15) is 58.8 Å². The van der Waals surface area contributed by atoms with Crippen molar-refractivity contribution in [3.63, 3.8) is 0 Å². The summed E-state index contributed by atoms with van der Waals surface area (Å²) in [4.78, 5) is 2.69. The molecule has 1 heterocycles. The molecule has 2 atom stereocenters. The molecule has 2 unspecified atom stereocenters. The number of nitrogens with one attached hydrogen (secondary N) is 1. The fraction of sp³-hybridized carbons (Fsp3) is 1.00. The lowest BCUT2D eigenvalue weighted by Crippen LogP contribution is -2.29. The smallest absolute Gasteiger partial charge is 0.00619 e. The van der Waals surface area contributed by atoms with E-state index < -0.39 is 0 Å². The van der Waals surface area contributed by atoms with E-state index in [0.717, 1.165) is 12.0 Å². The van der Waals surface area contributed by atoms with Gasteiger partial charge in [-0.1, -0.05) is 20.3 Å². The Labute approximate surface area is 108 Å². The molecule has 0 amide bonds. The molecule has 1 aliphatic rings. The van der Waals surface area contributed by atoms with Crippen molar-refractivity contribution in [2.45, 2.75) is 64.8 Å². The molecule has 2 heteroatoms. The van der Waals surface area contributed by atoms with Gasteiger partial charge in [0.15, 0.2) is 0 Å².